The number of nitrogens with two attached hydrogens (primary N) is 1. The molecule has 0 aliphatic heterocycles. The highest BCUT2D eigenvalue weighted by atomic mass is 19.1. The molecule has 2 aromatic rings. The zero-order valence-corrected chi connectivity index (χ0v) is 13.3. The molecule has 1 aromatic carbocycles. The first-order valence-corrected chi connectivity index (χ1v) is 8.47. The summed E-state index contributed by atoms with van der Waals surface area (Å²) in [6.07, 6.45) is 8.89. The third-order valence-corrected chi connectivity index (χ3v) is 5.18. The lowest BCUT2D eigenvalue weighted by molar-refractivity contribution is 0.292. The van der Waals surface area contributed by atoms with Crippen molar-refractivity contribution in [3.63, 3.8) is 0 Å². The molecule has 118 valence electrons. The number of hydrogen-bond donors (Lipinski definition) is 1. The number of pyridine rings is 1. The quantitative estimate of drug-likeness (QED) is 0.883. The van der Waals surface area contributed by atoms with Crippen molar-refractivity contribution in [2.75, 3.05) is 0 Å². The number of halogens is 1. The zero-order valence-electron chi connectivity index (χ0n) is 13.3. The highest BCUT2D eigenvalue weighted by Gasteiger charge is 2.24. The Balaban J connectivity index is 1.75. The summed E-state index contributed by atoms with van der Waals surface area (Å²) in [7, 11) is 0. The van der Waals surface area contributed by atoms with Gasteiger partial charge in [-0.15, -0.1) is 0 Å². The number of benzene rings is 1. The normalized spacial score (nSPS) is 23.6. The van der Waals surface area contributed by atoms with Gasteiger partial charge in [-0.1, -0.05) is 6.92 Å². The summed E-state index contributed by atoms with van der Waals surface area (Å²) in [5.74, 6) is 1.11. The minimum Gasteiger partial charge on any atom is -0.328 e. The van der Waals surface area contributed by atoms with Gasteiger partial charge in [-0.05, 0) is 80.2 Å². The van der Waals surface area contributed by atoms with Crippen LogP contribution in [-0.2, 0) is 0 Å². The summed E-state index contributed by atoms with van der Waals surface area (Å²) in [5, 5.41) is 0.983. The number of fused-ring (bicyclic) bond motifs is 1. The summed E-state index contributed by atoms with van der Waals surface area (Å²) < 4.78 is 13.6. The average molecular weight is 300 g/mol. The molecule has 2 N–H and O–H groups in total. The van der Waals surface area contributed by atoms with Crippen molar-refractivity contribution < 1.29 is 4.39 Å². The van der Waals surface area contributed by atoms with E-state index in [1.54, 1.807) is 12.1 Å². The molecule has 0 amide bonds. The fourth-order valence-electron chi connectivity index (χ4n) is 3.80. The smallest absolute Gasteiger partial charge is 0.123 e. The van der Waals surface area contributed by atoms with Gasteiger partial charge in [0.25, 0.3) is 0 Å². The van der Waals surface area contributed by atoms with Gasteiger partial charge < -0.3 is 5.73 Å². The van der Waals surface area contributed by atoms with Crippen LogP contribution in [0.3, 0.4) is 0 Å². The van der Waals surface area contributed by atoms with Gasteiger partial charge in [0.2, 0.25) is 0 Å². The predicted octanol–water partition coefficient (Wildman–Crippen LogP) is 4.78. The maximum Gasteiger partial charge on any atom is 0.123 e. The molecule has 0 saturated heterocycles. The second-order valence-electron chi connectivity index (χ2n) is 6.68. The molecule has 1 heterocycles. The van der Waals surface area contributed by atoms with E-state index in [0.717, 1.165) is 29.7 Å². The molecule has 0 bridgehead atoms. The van der Waals surface area contributed by atoms with Crippen LogP contribution in [0.2, 0.25) is 0 Å². The van der Waals surface area contributed by atoms with Crippen LogP contribution >= 0.6 is 0 Å². The van der Waals surface area contributed by atoms with E-state index in [0.29, 0.717) is 12.0 Å². The molecule has 1 aromatic heterocycles. The van der Waals surface area contributed by atoms with Crippen molar-refractivity contribution in [2.45, 2.75) is 57.4 Å². The van der Waals surface area contributed by atoms with E-state index in [4.69, 9.17) is 5.73 Å². The lowest BCUT2D eigenvalue weighted by atomic mass is 9.76. The molecule has 2 nitrogen and oxygen atoms in total. The van der Waals surface area contributed by atoms with Crippen LogP contribution in [-0.4, -0.2) is 11.0 Å². The van der Waals surface area contributed by atoms with Crippen LogP contribution in [0.4, 0.5) is 4.39 Å². The van der Waals surface area contributed by atoms with Gasteiger partial charge in [0.1, 0.15) is 5.82 Å². The second-order valence-corrected chi connectivity index (χ2v) is 6.68. The van der Waals surface area contributed by atoms with Crippen LogP contribution < -0.4 is 5.73 Å². The Hall–Kier alpha value is -1.48. The molecular formula is C19H25FN2. The van der Waals surface area contributed by atoms with Crippen molar-refractivity contribution in [3.8, 4) is 0 Å². The van der Waals surface area contributed by atoms with Crippen LogP contribution in [0.1, 0.15) is 56.9 Å². The lowest BCUT2D eigenvalue weighted by Gasteiger charge is -2.30. The lowest BCUT2D eigenvalue weighted by Crippen LogP contribution is -2.25. The molecule has 1 saturated carbocycles. The minimum absolute atomic E-state index is 0.177. The third-order valence-electron chi connectivity index (χ3n) is 5.18. The Morgan fingerprint density at radius 2 is 2.00 bits per heavy atom. The van der Waals surface area contributed by atoms with Crippen LogP contribution in [0.15, 0.2) is 30.5 Å². The highest BCUT2D eigenvalue weighted by molar-refractivity contribution is 5.82. The Labute approximate surface area is 131 Å². The molecule has 1 aliphatic rings. The predicted molar refractivity (Wildman–Crippen MR) is 89.3 cm³/mol. The van der Waals surface area contributed by atoms with Crippen molar-refractivity contribution in [1.82, 2.24) is 4.98 Å². The Bertz CT molecular complexity index is 632. The van der Waals surface area contributed by atoms with E-state index in [1.165, 1.54) is 37.3 Å². The number of nitrogens with zero attached hydrogens (tertiary/aromatic N) is 1. The zero-order chi connectivity index (χ0) is 15.5. The van der Waals surface area contributed by atoms with Crippen LogP contribution in [0.5, 0.6) is 0 Å². The molecular weight excluding hydrogens is 275 g/mol. The van der Waals surface area contributed by atoms with E-state index in [9.17, 15) is 4.39 Å². The van der Waals surface area contributed by atoms with Crippen LogP contribution in [0, 0.1) is 11.7 Å². The van der Waals surface area contributed by atoms with E-state index in [1.807, 2.05) is 6.20 Å². The Morgan fingerprint density at radius 3 is 2.73 bits per heavy atom. The average Bonchev–Trinajstić information content (AvgIpc) is 2.55. The number of rotatable bonds is 4. The first-order valence-electron chi connectivity index (χ1n) is 8.47. The highest BCUT2D eigenvalue weighted by Crippen LogP contribution is 2.39. The molecule has 1 unspecified atom stereocenters. The topological polar surface area (TPSA) is 38.9 Å². The fraction of sp³-hybridized carbons (Fsp3) is 0.526. The molecule has 0 spiro atoms. The second kappa shape index (κ2) is 6.74. The van der Waals surface area contributed by atoms with E-state index in [-0.39, 0.29) is 5.82 Å². The maximum atomic E-state index is 13.6. The molecule has 1 fully saturated rings. The summed E-state index contributed by atoms with van der Waals surface area (Å²) in [4.78, 5) is 4.36. The summed E-state index contributed by atoms with van der Waals surface area (Å²) in [5.41, 5.74) is 8.25. The van der Waals surface area contributed by atoms with E-state index < -0.39 is 0 Å². The SMILES string of the molecule is CCC(N)CC1CCC(c2ccnc3ccc(F)cc23)CC1. The van der Waals surface area contributed by atoms with Gasteiger partial charge in [0.05, 0.1) is 5.52 Å². The van der Waals surface area contributed by atoms with Gasteiger partial charge in [0, 0.05) is 17.6 Å². The van der Waals surface area contributed by atoms with Crippen molar-refractivity contribution in [1.29, 1.82) is 0 Å². The minimum atomic E-state index is -0.177. The van der Waals surface area contributed by atoms with Gasteiger partial charge in [-0.2, -0.15) is 0 Å². The number of aromatic nitrogens is 1. The molecule has 22 heavy (non-hydrogen) atoms. The summed E-state index contributed by atoms with van der Waals surface area (Å²) in [6, 6.07) is 7.32. The van der Waals surface area contributed by atoms with Crippen molar-refractivity contribution in [2.24, 2.45) is 11.7 Å². The first-order chi connectivity index (χ1) is 10.7. The fourth-order valence-corrected chi connectivity index (χ4v) is 3.80. The Kier molecular flexibility index (Phi) is 4.72. The van der Waals surface area contributed by atoms with E-state index in [2.05, 4.69) is 18.0 Å². The van der Waals surface area contributed by atoms with Crippen molar-refractivity contribution >= 4 is 10.9 Å². The maximum absolute atomic E-state index is 13.6. The van der Waals surface area contributed by atoms with Gasteiger partial charge in [-0.25, -0.2) is 4.39 Å². The van der Waals surface area contributed by atoms with Gasteiger partial charge in [0.15, 0.2) is 0 Å². The van der Waals surface area contributed by atoms with Gasteiger partial charge >= 0.3 is 0 Å². The number of hydrogen-bond acceptors (Lipinski definition) is 2. The Morgan fingerprint density at radius 1 is 1.23 bits per heavy atom. The largest absolute Gasteiger partial charge is 0.328 e. The van der Waals surface area contributed by atoms with Gasteiger partial charge in [-0.3, -0.25) is 4.98 Å². The monoisotopic (exact) mass is 300 g/mol. The molecule has 3 heteroatoms. The molecule has 1 aliphatic carbocycles. The third kappa shape index (κ3) is 3.30. The molecule has 0 radical (unpaired) electrons. The van der Waals surface area contributed by atoms with Crippen molar-refractivity contribution in [3.05, 3.63) is 41.8 Å². The summed E-state index contributed by atoms with van der Waals surface area (Å²) >= 11 is 0. The summed E-state index contributed by atoms with van der Waals surface area (Å²) in [6.45, 7) is 2.16. The first kappa shape index (κ1) is 15.4. The van der Waals surface area contributed by atoms with E-state index >= 15 is 0 Å². The standard InChI is InChI=1S/C19H25FN2/c1-2-16(21)11-13-3-5-14(6-4-13)17-9-10-22-19-8-7-15(20)12-18(17)19/h7-10,12-14,16H,2-6,11,21H2,1H3. The molecule has 1 atom stereocenters. The van der Waals surface area contributed by atoms with Crippen LogP contribution in [0.25, 0.3) is 10.9 Å². The molecule has 3 rings (SSSR count).